The van der Waals surface area contributed by atoms with Crippen molar-refractivity contribution in [2.45, 2.75) is 50.2 Å². The van der Waals surface area contributed by atoms with Gasteiger partial charge in [0.15, 0.2) is 0 Å². The molecule has 0 amide bonds. The smallest absolute Gasteiger partial charge is 0.254 e. The summed E-state index contributed by atoms with van der Waals surface area (Å²) >= 11 is 0. The van der Waals surface area contributed by atoms with Crippen LogP contribution in [0.3, 0.4) is 0 Å². The molecule has 0 radical (unpaired) electrons. The third kappa shape index (κ3) is 2.34. The lowest BCUT2D eigenvalue weighted by molar-refractivity contribution is 0.183. The second-order valence-corrected chi connectivity index (χ2v) is 4.99. The van der Waals surface area contributed by atoms with E-state index in [0.29, 0.717) is 11.8 Å². The van der Waals surface area contributed by atoms with Crippen LogP contribution in [0.2, 0.25) is 0 Å². The number of H-pyrrole nitrogens is 1. The molecule has 3 rings (SSSR count). The van der Waals surface area contributed by atoms with Gasteiger partial charge in [0.25, 0.3) is 5.56 Å². The van der Waals surface area contributed by atoms with E-state index in [1.807, 2.05) is 0 Å². The maximum atomic E-state index is 11.5. The number of rotatable bonds is 3. The topological polar surface area (TPSA) is 81.0 Å². The van der Waals surface area contributed by atoms with Crippen LogP contribution in [0.5, 0.6) is 5.88 Å². The van der Waals surface area contributed by atoms with Crippen molar-refractivity contribution in [1.82, 2.24) is 9.97 Å². The first-order valence-electron chi connectivity index (χ1n) is 6.26. The Hall–Kier alpha value is -1.36. The average molecular weight is 235 g/mol. The number of hydrogen-bond donors (Lipinski definition) is 2. The average Bonchev–Trinajstić information content (AvgIpc) is 3.05. The Labute approximate surface area is 99.4 Å². The second kappa shape index (κ2) is 4.14. The van der Waals surface area contributed by atoms with Crippen LogP contribution in [-0.4, -0.2) is 22.1 Å². The van der Waals surface area contributed by atoms with Crippen molar-refractivity contribution in [2.24, 2.45) is 5.73 Å². The van der Waals surface area contributed by atoms with Gasteiger partial charge >= 0.3 is 0 Å². The minimum absolute atomic E-state index is 0.0105. The van der Waals surface area contributed by atoms with Gasteiger partial charge in [0, 0.05) is 12.0 Å². The third-order valence-electron chi connectivity index (χ3n) is 3.48. The van der Waals surface area contributed by atoms with Gasteiger partial charge in [-0.2, -0.15) is 4.98 Å². The van der Waals surface area contributed by atoms with E-state index in [1.54, 1.807) is 0 Å². The number of nitrogens with zero attached hydrogens (tertiary/aromatic N) is 1. The molecule has 0 spiro atoms. The van der Waals surface area contributed by atoms with E-state index in [2.05, 4.69) is 9.97 Å². The normalized spacial score (nSPS) is 28.3. The van der Waals surface area contributed by atoms with Crippen LogP contribution < -0.4 is 16.0 Å². The Bertz CT molecular complexity index is 467. The molecule has 2 aliphatic carbocycles. The summed E-state index contributed by atoms with van der Waals surface area (Å²) in [5.41, 5.74) is 5.80. The van der Waals surface area contributed by atoms with E-state index in [-0.39, 0.29) is 17.7 Å². The minimum Gasteiger partial charge on any atom is -0.473 e. The Morgan fingerprint density at radius 1 is 1.35 bits per heavy atom. The summed E-state index contributed by atoms with van der Waals surface area (Å²) in [6.07, 6.45) is 5.25. The van der Waals surface area contributed by atoms with Gasteiger partial charge in [0.2, 0.25) is 5.88 Å². The first-order chi connectivity index (χ1) is 8.22. The minimum atomic E-state index is -0.136. The summed E-state index contributed by atoms with van der Waals surface area (Å²) in [5, 5.41) is 0. The molecule has 2 fully saturated rings. The van der Waals surface area contributed by atoms with Gasteiger partial charge < -0.3 is 15.5 Å². The summed E-state index contributed by atoms with van der Waals surface area (Å²) in [6, 6.07) is 1.48. The van der Waals surface area contributed by atoms with Crippen LogP contribution >= 0.6 is 0 Å². The van der Waals surface area contributed by atoms with E-state index < -0.39 is 0 Å². The summed E-state index contributed by atoms with van der Waals surface area (Å²) in [5.74, 6) is 1.61. The van der Waals surface area contributed by atoms with Crippen LogP contribution in [-0.2, 0) is 0 Å². The third-order valence-corrected chi connectivity index (χ3v) is 3.48. The zero-order chi connectivity index (χ0) is 11.8. The predicted molar refractivity (Wildman–Crippen MR) is 63.1 cm³/mol. The summed E-state index contributed by atoms with van der Waals surface area (Å²) < 4.78 is 5.73. The molecule has 92 valence electrons. The second-order valence-electron chi connectivity index (χ2n) is 4.99. The fourth-order valence-corrected chi connectivity index (χ4v) is 2.32. The standard InChI is InChI=1S/C12H17N3O2/c13-8-2-1-3-9(8)17-11-6-10(16)14-12(15-11)7-4-5-7/h6-9H,1-5,13H2,(H,14,15,16). The van der Waals surface area contributed by atoms with Crippen LogP contribution in [0.1, 0.15) is 43.8 Å². The molecule has 5 nitrogen and oxygen atoms in total. The molecule has 1 aromatic rings. The van der Waals surface area contributed by atoms with Gasteiger partial charge in [-0.3, -0.25) is 4.79 Å². The number of hydrogen-bond acceptors (Lipinski definition) is 4. The maximum absolute atomic E-state index is 11.5. The highest BCUT2D eigenvalue weighted by molar-refractivity contribution is 5.14. The monoisotopic (exact) mass is 235 g/mol. The summed E-state index contributed by atoms with van der Waals surface area (Å²) in [7, 11) is 0. The Kier molecular flexibility index (Phi) is 2.63. The quantitative estimate of drug-likeness (QED) is 0.815. The summed E-state index contributed by atoms with van der Waals surface area (Å²) in [4.78, 5) is 18.6. The highest BCUT2D eigenvalue weighted by Crippen LogP contribution is 2.38. The molecular formula is C12H17N3O2. The lowest BCUT2D eigenvalue weighted by Gasteiger charge is -2.17. The Morgan fingerprint density at radius 2 is 2.18 bits per heavy atom. The molecule has 0 saturated heterocycles. The van der Waals surface area contributed by atoms with Gasteiger partial charge in [-0.25, -0.2) is 0 Å². The van der Waals surface area contributed by atoms with Gasteiger partial charge in [0.05, 0.1) is 6.07 Å². The van der Waals surface area contributed by atoms with E-state index in [1.165, 1.54) is 6.07 Å². The largest absolute Gasteiger partial charge is 0.473 e. The van der Waals surface area contributed by atoms with E-state index >= 15 is 0 Å². The first-order valence-corrected chi connectivity index (χ1v) is 6.26. The number of ether oxygens (including phenoxy) is 1. The molecule has 3 N–H and O–H groups in total. The predicted octanol–water partition coefficient (Wildman–Crippen LogP) is 0.906. The van der Waals surface area contributed by atoms with Crippen molar-refractivity contribution in [1.29, 1.82) is 0 Å². The number of nitrogens with two attached hydrogens (primary N) is 1. The maximum Gasteiger partial charge on any atom is 0.254 e. The van der Waals surface area contributed by atoms with Crippen molar-refractivity contribution in [3.63, 3.8) is 0 Å². The van der Waals surface area contributed by atoms with E-state index in [0.717, 1.165) is 37.9 Å². The first kappa shape index (κ1) is 10.8. The highest BCUT2D eigenvalue weighted by Gasteiger charge is 2.29. The molecule has 1 heterocycles. The number of aromatic nitrogens is 2. The molecule has 2 aliphatic rings. The van der Waals surface area contributed by atoms with Gasteiger partial charge in [-0.1, -0.05) is 0 Å². The molecule has 2 unspecified atom stereocenters. The zero-order valence-corrected chi connectivity index (χ0v) is 9.69. The fraction of sp³-hybridized carbons (Fsp3) is 0.667. The number of nitrogens with one attached hydrogen (secondary N) is 1. The lowest BCUT2D eigenvalue weighted by atomic mass is 10.2. The van der Waals surface area contributed by atoms with Crippen LogP contribution in [0.15, 0.2) is 10.9 Å². The number of aromatic amines is 1. The molecule has 2 atom stereocenters. The molecule has 5 heteroatoms. The molecular weight excluding hydrogens is 218 g/mol. The highest BCUT2D eigenvalue weighted by atomic mass is 16.5. The Morgan fingerprint density at radius 3 is 2.82 bits per heavy atom. The van der Waals surface area contributed by atoms with Crippen molar-refractivity contribution < 1.29 is 4.74 Å². The molecule has 0 aliphatic heterocycles. The van der Waals surface area contributed by atoms with Crippen molar-refractivity contribution in [2.75, 3.05) is 0 Å². The molecule has 1 aromatic heterocycles. The van der Waals surface area contributed by atoms with Crippen LogP contribution in [0, 0.1) is 0 Å². The molecule has 2 saturated carbocycles. The summed E-state index contributed by atoms with van der Waals surface area (Å²) in [6.45, 7) is 0. The van der Waals surface area contributed by atoms with Crippen LogP contribution in [0.4, 0.5) is 0 Å². The molecule has 0 bridgehead atoms. The van der Waals surface area contributed by atoms with Crippen molar-refractivity contribution >= 4 is 0 Å². The molecule has 17 heavy (non-hydrogen) atoms. The zero-order valence-electron chi connectivity index (χ0n) is 9.69. The van der Waals surface area contributed by atoms with Gasteiger partial charge in [-0.15, -0.1) is 0 Å². The van der Waals surface area contributed by atoms with E-state index in [9.17, 15) is 4.79 Å². The van der Waals surface area contributed by atoms with Crippen LogP contribution in [0.25, 0.3) is 0 Å². The van der Waals surface area contributed by atoms with Gasteiger partial charge in [-0.05, 0) is 32.1 Å². The Balaban J connectivity index is 1.79. The van der Waals surface area contributed by atoms with Crippen molar-refractivity contribution in [3.05, 3.63) is 22.2 Å². The van der Waals surface area contributed by atoms with Gasteiger partial charge in [0.1, 0.15) is 11.9 Å². The van der Waals surface area contributed by atoms with Crippen molar-refractivity contribution in [3.8, 4) is 5.88 Å². The lowest BCUT2D eigenvalue weighted by Crippen LogP contribution is -2.34. The SMILES string of the molecule is NC1CCCC1Oc1cc(=O)[nH]c(C2CC2)n1. The fourth-order valence-electron chi connectivity index (χ4n) is 2.32. The molecule has 0 aromatic carbocycles. The van der Waals surface area contributed by atoms with E-state index in [4.69, 9.17) is 10.5 Å².